The zero-order valence-corrected chi connectivity index (χ0v) is 25.9. The van der Waals surface area contributed by atoms with Gasteiger partial charge in [0, 0.05) is 35.0 Å². The maximum absolute atomic E-state index is 13.6. The quantitative estimate of drug-likeness (QED) is 0.242. The number of benzene rings is 3. The number of Topliss-reactive ketones (excluding diaryl/α,β-unsaturated/α-hetero) is 1. The molecule has 2 heterocycles. The van der Waals surface area contributed by atoms with Crippen molar-refractivity contribution in [1.82, 2.24) is 14.8 Å². The van der Waals surface area contributed by atoms with Gasteiger partial charge in [-0.2, -0.15) is 0 Å². The molecule has 0 bridgehead atoms. The predicted octanol–water partition coefficient (Wildman–Crippen LogP) is 7.13. The van der Waals surface area contributed by atoms with Crippen LogP contribution >= 0.6 is 0 Å². The minimum atomic E-state index is -1.01. The molecule has 0 unspecified atom stereocenters. The van der Waals surface area contributed by atoms with Crippen LogP contribution in [0.25, 0.3) is 22.2 Å². The van der Waals surface area contributed by atoms with Gasteiger partial charge in [0.15, 0.2) is 5.78 Å². The number of para-hydroxylation sites is 1. The van der Waals surface area contributed by atoms with Crippen molar-refractivity contribution in [2.75, 3.05) is 20.7 Å². The van der Waals surface area contributed by atoms with Crippen LogP contribution in [0.15, 0.2) is 66.7 Å². The molecule has 1 N–H and O–H groups in total. The molecule has 6 heteroatoms. The molecule has 1 aromatic heterocycles. The molecule has 6 nitrogen and oxygen atoms in total. The van der Waals surface area contributed by atoms with Gasteiger partial charge in [-0.1, -0.05) is 61.7 Å². The summed E-state index contributed by atoms with van der Waals surface area (Å²) in [6.45, 7) is 5.74. The van der Waals surface area contributed by atoms with Gasteiger partial charge in [-0.15, -0.1) is 0 Å². The van der Waals surface area contributed by atoms with Crippen LogP contribution in [0.4, 0.5) is 0 Å². The third kappa shape index (κ3) is 5.98. The van der Waals surface area contributed by atoms with Crippen molar-refractivity contribution < 1.29 is 14.3 Å². The van der Waals surface area contributed by atoms with E-state index in [4.69, 9.17) is 4.74 Å². The first-order chi connectivity index (χ1) is 20.7. The summed E-state index contributed by atoms with van der Waals surface area (Å²) in [6, 6.07) is 22.5. The lowest BCUT2D eigenvalue weighted by Crippen LogP contribution is -2.50. The summed E-state index contributed by atoms with van der Waals surface area (Å²) in [6.07, 6.45) is 6.44. The predicted molar refractivity (Wildman–Crippen MR) is 173 cm³/mol. The Morgan fingerprint density at radius 1 is 0.953 bits per heavy atom. The molecule has 0 atom stereocenters. The number of carbonyl (C=O) groups excluding carboxylic acids is 2. The largest absolute Gasteiger partial charge is 0.491 e. The van der Waals surface area contributed by atoms with E-state index in [9.17, 15) is 9.59 Å². The van der Waals surface area contributed by atoms with Gasteiger partial charge >= 0.3 is 0 Å². The lowest BCUT2D eigenvalue weighted by atomic mass is 9.81. The zero-order chi connectivity index (χ0) is 30.1. The number of fused-ring (bicyclic) bond motifs is 5. The summed E-state index contributed by atoms with van der Waals surface area (Å²) in [5.41, 5.74) is 6.53. The highest BCUT2D eigenvalue weighted by molar-refractivity contribution is 6.03. The zero-order valence-electron chi connectivity index (χ0n) is 25.9. The normalized spacial score (nSPS) is 15.5. The maximum Gasteiger partial charge on any atom is 0.252 e. The van der Waals surface area contributed by atoms with Gasteiger partial charge in [-0.3, -0.25) is 9.59 Å². The first kappa shape index (κ1) is 29.2. The molecule has 2 aliphatic rings. The van der Waals surface area contributed by atoms with E-state index in [2.05, 4.69) is 51.2 Å². The van der Waals surface area contributed by atoms with Crippen molar-refractivity contribution in [3.63, 3.8) is 0 Å². The SMILES string of the molecule is CN(C)Cc1ccc(CC(=O)C(C)(C)NC(=O)c2ccc3c(C4CCCCC4)c4n(c3c2)CCOc2ccccc2-4)cc1. The molecule has 1 saturated carbocycles. The van der Waals surface area contributed by atoms with Crippen molar-refractivity contribution in [3.05, 3.63) is 89.0 Å². The van der Waals surface area contributed by atoms with E-state index < -0.39 is 5.54 Å². The van der Waals surface area contributed by atoms with E-state index in [0.717, 1.165) is 35.5 Å². The molecule has 4 aromatic rings. The van der Waals surface area contributed by atoms with Gasteiger partial charge in [0.2, 0.25) is 0 Å². The van der Waals surface area contributed by atoms with Gasteiger partial charge < -0.3 is 19.5 Å². The Labute approximate surface area is 255 Å². The van der Waals surface area contributed by atoms with Gasteiger partial charge in [0.05, 0.1) is 17.8 Å². The fraction of sp³-hybridized carbons (Fsp3) is 0.405. The average Bonchev–Trinajstić information content (AvgIpc) is 3.19. The monoisotopic (exact) mass is 577 g/mol. The van der Waals surface area contributed by atoms with Crippen molar-refractivity contribution >= 4 is 22.6 Å². The number of hydrogen-bond donors (Lipinski definition) is 1. The molecule has 0 radical (unpaired) electrons. The molecule has 1 amide bonds. The second-order valence-electron chi connectivity index (χ2n) is 13.1. The summed E-state index contributed by atoms with van der Waals surface area (Å²) in [7, 11) is 4.08. The summed E-state index contributed by atoms with van der Waals surface area (Å²) >= 11 is 0. The lowest BCUT2D eigenvalue weighted by Gasteiger charge is -2.25. The number of ketones is 1. The van der Waals surface area contributed by atoms with Gasteiger partial charge in [-0.25, -0.2) is 0 Å². The van der Waals surface area contributed by atoms with Crippen LogP contribution < -0.4 is 10.1 Å². The molecule has 1 aliphatic heterocycles. The highest BCUT2D eigenvalue weighted by Gasteiger charge is 2.32. The number of nitrogens with zero attached hydrogens (tertiary/aromatic N) is 2. The molecule has 224 valence electrons. The number of hydrogen-bond acceptors (Lipinski definition) is 4. The highest BCUT2D eigenvalue weighted by atomic mass is 16.5. The van der Waals surface area contributed by atoms with Crippen LogP contribution in [0.3, 0.4) is 0 Å². The molecular weight excluding hydrogens is 534 g/mol. The molecular formula is C37H43N3O3. The Hall–Kier alpha value is -3.90. The number of aromatic nitrogens is 1. The van der Waals surface area contributed by atoms with Gasteiger partial charge in [-0.05, 0) is 87.7 Å². The number of amides is 1. The molecule has 0 saturated heterocycles. The number of ether oxygens (including phenoxy) is 1. The molecule has 6 rings (SSSR count). The van der Waals surface area contributed by atoms with E-state index in [-0.39, 0.29) is 18.1 Å². The fourth-order valence-corrected chi connectivity index (χ4v) is 6.84. The van der Waals surface area contributed by atoms with Crippen molar-refractivity contribution in [2.45, 2.75) is 76.9 Å². The Morgan fingerprint density at radius 3 is 2.42 bits per heavy atom. The number of rotatable bonds is 8. The topological polar surface area (TPSA) is 63.6 Å². The minimum Gasteiger partial charge on any atom is -0.491 e. The van der Waals surface area contributed by atoms with Crippen molar-refractivity contribution in [1.29, 1.82) is 0 Å². The third-order valence-corrected chi connectivity index (χ3v) is 9.10. The van der Waals surface area contributed by atoms with Crippen molar-refractivity contribution in [2.24, 2.45) is 0 Å². The van der Waals surface area contributed by atoms with E-state index in [1.165, 1.54) is 54.3 Å². The smallest absolute Gasteiger partial charge is 0.252 e. The summed E-state index contributed by atoms with van der Waals surface area (Å²) in [5, 5.41) is 4.27. The fourth-order valence-electron chi connectivity index (χ4n) is 6.84. The first-order valence-corrected chi connectivity index (χ1v) is 15.7. The van der Waals surface area contributed by atoms with Crippen LogP contribution in [-0.4, -0.2) is 47.4 Å². The Bertz CT molecular complexity index is 1640. The van der Waals surface area contributed by atoms with Crippen LogP contribution in [-0.2, 0) is 24.3 Å². The van der Waals surface area contributed by atoms with Crippen LogP contribution in [0.2, 0.25) is 0 Å². The first-order valence-electron chi connectivity index (χ1n) is 15.7. The molecule has 3 aromatic carbocycles. The van der Waals surface area contributed by atoms with Gasteiger partial charge in [0.25, 0.3) is 5.91 Å². The van der Waals surface area contributed by atoms with E-state index >= 15 is 0 Å². The van der Waals surface area contributed by atoms with Crippen LogP contribution in [0.1, 0.15) is 78.9 Å². The average molecular weight is 578 g/mol. The molecule has 0 spiro atoms. The van der Waals surface area contributed by atoms with Crippen LogP contribution in [0.5, 0.6) is 5.75 Å². The van der Waals surface area contributed by atoms with E-state index in [1.54, 1.807) is 13.8 Å². The van der Waals surface area contributed by atoms with E-state index in [0.29, 0.717) is 18.1 Å². The van der Waals surface area contributed by atoms with Gasteiger partial charge in [0.1, 0.15) is 12.4 Å². The Balaban J connectivity index is 1.29. The highest BCUT2D eigenvalue weighted by Crippen LogP contribution is 2.47. The second kappa shape index (κ2) is 12.0. The minimum absolute atomic E-state index is 0.0211. The summed E-state index contributed by atoms with van der Waals surface area (Å²) in [4.78, 5) is 29.1. The van der Waals surface area contributed by atoms with Crippen LogP contribution in [0, 0.1) is 0 Å². The van der Waals surface area contributed by atoms with Crippen molar-refractivity contribution in [3.8, 4) is 17.0 Å². The standard InChI is InChI=1S/C37H43N3O3/c1-37(2,33(41)22-25-14-16-26(17-15-25)24-39(3)4)38-36(42)28-18-19-29-31(23-28)40-20-21-43-32-13-9-8-12-30(32)35(40)34(29)27-10-6-5-7-11-27/h8-9,12-19,23,27H,5-7,10-11,20-22,24H2,1-4H3,(H,38,42). The Morgan fingerprint density at radius 2 is 1.67 bits per heavy atom. The lowest BCUT2D eigenvalue weighted by molar-refractivity contribution is -0.123. The molecule has 43 heavy (non-hydrogen) atoms. The van der Waals surface area contributed by atoms with E-state index in [1.807, 2.05) is 44.4 Å². The maximum atomic E-state index is 13.6. The number of nitrogens with one attached hydrogen (secondary N) is 1. The Kier molecular flexibility index (Phi) is 8.15. The summed E-state index contributed by atoms with van der Waals surface area (Å²) < 4.78 is 8.54. The molecule has 1 aliphatic carbocycles. The third-order valence-electron chi connectivity index (χ3n) is 9.10. The summed E-state index contributed by atoms with van der Waals surface area (Å²) in [5.74, 6) is 1.16. The molecule has 1 fully saturated rings. The second-order valence-corrected chi connectivity index (χ2v) is 13.1. The number of carbonyl (C=O) groups is 2.